The number of rotatable bonds is 4. The molecule has 4 rings (SSSR count). The van der Waals surface area contributed by atoms with Gasteiger partial charge in [0.2, 0.25) is 11.7 Å². The lowest BCUT2D eigenvalue weighted by atomic mass is 10.1. The van der Waals surface area contributed by atoms with Crippen molar-refractivity contribution >= 4 is 5.91 Å². The van der Waals surface area contributed by atoms with Crippen LogP contribution in [-0.4, -0.2) is 33.4 Å². The van der Waals surface area contributed by atoms with Crippen molar-refractivity contribution in [2.45, 2.75) is 25.2 Å². The average molecular weight is 381 g/mol. The number of carbonyl (C=O) groups excluding carboxylic acids is 1. The van der Waals surface area contributed by atoms with E-state index in [1.807, 2.05) is 0 Å². The van der Waals surface area contributed by atoms with Crippen molar-refractivity contribution in [1.82, 2.24) is 25.6 Å². The zero-order valence-corrected chi connectivity index (χ0v) is 13.9. The van der Waals surface area contributed by atoms with E-state index in [2.05, 4.69) is 25.6 Å². The van der Waals surface area contributed by atoms with Gasteiger partial charge in [0.1, 0.15) is 5.82 Å². The van der Waals surface area contributed by atoms with Crippen molar-refractivity contribution in [3.8, 4) is 11.3 Å². The summed E-state index contributed by atoms with van der Waals surface area (Å²) in [6.45, 7) is 0.779. The molecule has 10 heteroatoms. The van der Waals surface area contributed by atoms with Gasteiger partial charge in [-0.05, 0) is 30.9 Å². The van der Waals surface area contributed by atoms with Crippen LogP contribution < -0.4 is 10.6 Å². The highest BCUT2D eigenvalue weighted by molar-refractivity contribution is 5.83. The standard InChI is InChI=1S/C17H15F4N5O/c18-12-7-22-13(10-5-25-16(26-6-10)17(19,20)21)2-9(12)4-24-15(27)14-11-1-8(11)3-23-14/h2,5-8,11,14,23H,1,3-4H2,(H,24,27). The average Bonchev–Trinajstić information content (AvgIpc) is 3.30. The van der Waals surface area contributed by atoms with Gasteiger partial charge in [-0.25, -0.2) is 14.4 Å². The first kappa shape index (κ1) is 17.8. The van der Waals surface area contributed by atoms with Crippen molar-refractivity contribution in [2.24, 2.45) is 11.8 Å². The van der Waals surface area contributed by atoms with E-state index < -0.39 is 17.8 Å². The summed E-state index contributed by atoms with van der Waals surface area (Å²) in [5, 5.41) is 5.83. The zero-order chi connectivity index (χ0) is 19.2. The first-order valence-corrected chi connectivity index (χ1v) is 8.38. The summed E-state index contributed by atoms with van der Waals surface area (Å²) in [4.78, 5) is 22.6. The minimum absolute atomic E-state index is 0.0444. The Morgan fingerprint density at radius 2 is 1.96 bits per heavy atom. The van der Waals surface area contributed by atoms with E-state index in [0.717, 1.165) is 31.6 Å². The highest BCUT2D eigenvalue weighted by atomic mass is 19.4. The molecule has 0 radical (unpaired) electrons. The molecule has 3 unspecified atom stereocenters. The molecule has 2 aliphatic rings. The minimum atomic E-state index is -4.64. The first-order chi connectivity index (χ1) is 12.8. The molecule has 1 saturated carbocycles. The molecule has 1 amide bonds. The molecule has 0 bridgehead atoms. The molecule has 2 aromatic rings. The molecular weight excluding hydrogens is 366 g/mol. The number of nitrogens with one attached hydrogen (secondary N) is 2. The van der Waals surface area contributed by atoms with Crippen LogP contribution in [0.4, 0.5) is 17.6 Å². The Hall–Kier alpha value is -2.62. The number of amides is 1. The van der Waals surface area contributed by atoms with Gasteiger partial charge < -0.3 is 10.6 Å². The fraction of sp³-hybridized carbons (Fsp3) is 0.412. The summed E-state index contributed by atoms with van der Waals surface area (Å²) < 4.78 is 51.6. The van der Waals surface area contributed by atoms with Crippen molar-refractivity contribution in [3.05, 3.63) is 41.9 Å². The summed E-state index contributed by atoms with van der Waals surface area (Å²) in [6.07, 6.45) is -0.687. The smallest absolute Gasteiger partial charge is 0.351 e. The Labute approximate surface area is 151 Å². The Bertz CT molecular complexity index is 871. The monoisotopic (exact) mass is 381 g/mol. The summed E-state index contributed by atoms with van der Waals surface area (Å²) in [5.74, 6) is -1.15. The molecule has 3 heterocycles. The molecule has 0 spiro atoms. The van der Waals surface area contributed by atoms with Crippen LogP contribution in [-0.2, 0) is 17.5 Å². The number of hydrogen-bond donors (Lipinski definition) is 2. The van der Waals surface area contributed by atoms with Gasteiger partial charge in [-0.3, -0.25) is 9.78 Å². The van der Waals surface area contributed by atoms with E-state index in [4.69, 9.17) is 0 Å². The van der Waals surface area contributed by atoms with Gasteiger partial charge in [-0.2, -0.15) is 13.2 Å². The van der Waals surface area contributed by atoms with Gasteiger partial charge in [0.25, 0.3) is 0 Å². The molecule has 0 aromatic carbocycles. The lowest BCUT2D eigenvalue weighted by Crippen LogP contribution is -2.42. The van der Waals surface area contributed by atoms with Crippen LogP contribution in [0.1, 0.15) is 17.8 Å². The Morgan fingerprint density at radius 1 is 1.22 bits per heavy atom. The lowest BCUT2D eigenvalue weighted by molar-refractivity contribution is -0.145. The van der Waals surface area contributed by atoms with Crippen LogP contribution >= 0.6 is 0 Å². The minimum Gasteiger partial charge on any atom is -0.351 e. The molecule has 142 valence electrons. The van der Waals surface area contributed by atoms with Crippen molar-refractivity contribution in [1.29, 1.82) is 0 Å². The van der Waals surface area contributed by atoms with Crippen LogP contribution in [0.15, 0.2) is 24.7 Å². The molecule has 2 N–H and O–H groups in total. The summed E-state index contributed by atoms with van der Waals surface area (Å²) in [5.41, 5.74) is 0.614. The van der Waals surface area contributed by atoms with E-state index in [-0.39, 0.29) is 35.3 Å². The molecule has 6 nitrogen and oxygen atoms in total. The number of piperidine rings is 1. The van der Waals surface area contributed by atoms with Gasteiger partial charge in [-0.15, -0.1) is 0 Å². The largest absolute Gasteiger partial charge is 0.451 e. The van der Waals surface area contributed by atoms with Gasteiger partial charge >= 0.3 is 6.18 Å². The molecule has 1 aliphatic carbocycles. The fourth-order valence-corrected chi connectivity index (χ4v) is 3.30. The second-order valence-corrected chi connectivity index (χ2v) is 6.72. The number of pyridine rings is 1. The predicted octanol–water partition coefficient (Wildman–Crippen LogP) is 1.92. The normalized spacial score (nSPS) is 23.8. The second kappa shape index (κ2) is 6.52. The number of aromatic nitrogens is 3. The van der Waals surface area contributed by atoms with Crippen LogP contribution in [0.25, 0.3) is 11.3 Å². The van der Waals surface area contributed by atoms with Crippen LogP contribution in [0, 0.1) is 17.7 Å². The van der Waals surface area contributed by atoms with E-state index >= 15 is 0 Å². The molecule has 27 heavy (non-hydrogen) atoms. The van der Waals surface area contributed by atoms with Gasteiger partial charge in [0, 0.05) is 30.1 Å². The molecule has 1 saturated heterocycles. The molecule has 3 atom stereocenters. The Balaban J connectivity index is 1.47. The van der Waals surface area contributed by atoms with E-state index in [0.29, 0.717) is 11.8 Å². The number of nitrogens with zero attached hydrogens (tertiary/aromatic N) is 3. The van der Waals surface area contributed by atoms with Crippen LogP contribution in [0.3, 0.4) is 0 Å². The molecular formula is C17H15F4N5O. The summed E-state index contributed by atoms with van der Waals surface area (Å²) in [6, 6.07) is 1.12. The number of hydrogen-bond acceptors (Lipinski definition) is 5. The highest BCUT2D eigenvalue weighted by Gasteiger charge is 2.50. The van der Waals surface area contributed by atoms with Gasteiger partial charge in [0.15, 0.2) is 0 Å². The van der Waals surface area contributed by atoms with Crippen molar-refractivity contribution in [2.75, 3.05) is 6.54 Å². The number of halogens is 4. The Morgan fingerprint density at radius 3 is 2.56 bits per heavy atom. The third-order valence-electron chi connectivity index (χ3n) is 4.88. The maximum absolute atomic E-state index is 14.0. The van der Waals surface area contributed by atoms with Gasteiger partial charge in [0.05, 0.1) is 17.9 Å². The van der Waals surface area contributed by atoms with E-state index in [1.54, 1.807) is 0 Å². The van der Waals surface area contributed by atoms with Crippen LogP contribution in [0.5, 0.6) is 0 Å². The van der Waals surface area contributed by atoms with Crippen molar-refractivity contribution in [3.63, 3.8) is 0 Å². The third kappa shape index (κ3) is 3.61. The predicted molar refractivity (Wildman–Crippen MR) is 85.5 cm³/mol. The number of fused-ring (bicyclic) bond motifs is 1. The SMILES string of the molecule is O=C(NCc1cc(-c2cnc(C(F)(F)F)nc2)ncc1F)C1NCC2CC21. The first-order valence-electron chi connectivity index (χ1n) is 8.38. The van der Waals surface area contributed by atoms with Crippen LogP contribution in [0.2, 0.25) is 0 Å². The number of carbonyl (C=O) groups is 1. The topological polar surface area (TPSA) is 79.8 Å². The second-order valence-electron chi connectivity index (χ2n) is 6.72. The maximum atomic E-state index is 14.0. The van der Waals surface area contributed by atoms with Gasteiger partial charge in [-0.1, -0.05) is 0 Å². The molecule has 2 fully saturated rings. The zero-order valence-electron chi connectivity index (χ0n) is 13.9. The Kier molecular flexibility index (Phi) is 4.29. The maximum Gasteiger partial charge on any atom is 0.451 e. The van der Waals surface area contributed by atoms with Crippen molar-refractivity contribution < 1.29 is 22.4 Å². The summed E-state index contributed by atoms with van der Waals surface area (Å²) in [7, 11) is 0. The summed E-state index contributed by atoms with van der Waals surface area (Å²) >= 11 is 0. The quantitative estimate of drug-likeness (QED) is 0.791. The number of alkyl halides is 3. The highest BCUT2D eigenvalue weighted by Crippen LogP contribution is 2.45. The van der Waals surface area contributed by atoms with E-state index in [9.17, 15) is 22.4 Å². The fourth-order valence-electron chi connectivity index (χ4n) is 3.30. The molecule has 1 aliphatic heterocycles. The van der Waals surface area contributed by atoms with E-state index in [1.165, 1.54) is 6.07 Å². The third-order valence-corrected chi connectivity index (χ3v) is 4.88. The lowest BCUT2D eigenvalue weighted by Gasteiger charge is -2.14. The molecule has 2 aromatic heterocycles.